The molecule has 0 aliphatic carbocycles. The van der Waals surface area contributed by atoms with Gasteiger partial charge in [-0.25, -0.2) is 0 Å². The van der Waals surface area contributed by atoms with Crippen molar-refractivity contribution in [1.29, 1.82) is 0 Å². The molecule has 2 aliphatic heterocycles. The van der Waals surface area contributed by atoms with Crippen LogP contribution in [0.25, 0.3) is 0 Å². The van der Waals surface area contributed by atoms with Crippen molar-refractivity contribution in [3.05, 3.63) is 18.0 Å². The number of carbonyl (C=O) groups excluding carboxylic acids is 2. The average molecular weight is 361 g/mol. The molecule has 144 valence electrons. The molecule has 0 aromatic carbocycles. The maximum absolute atomic E-state index is 13.0. The molecule has 2 saturated heterocycles. The van der Waals surface area contributed by atoms with Gasteiger partial charge in [0, 0.05) is 44.0 Å². The Bertz CT molecular complexity index is 669. The van der Waals surface area contributed by atoms with Gasteiger partial charge in [0.15, 0.2) is 0 Å². The largest absolute Gasteiger partial charge is 0.355 e. The molecule has 26 heavy (non-hydrogen) atoms. The molecule has 0 spiro atoms. The Morgan fingerprint density at radius 1 is 1.38 bits per heavy atom. The monoisotopic (exact) mass is 360 g/mol. The van der Waals surface area contributed by atoms with Crippen LogP contribution < -0.4 is 5.32 Å². The molecule has 3 rings (SSSR count). The van der Waals surface area contributed by atoms with E-state index in [1.807, 2.05) is 17.8 Å². The van der Waals surface area contributed by atoms with Gasteiger partial charge in [0.2, 0.25) is 11.8 Å². The third-order valence-corrected chi connectivity index (χ3v) is 6.30. The van der Waals surface area contributed by atoms with Gasteiger partial charge in [0.25, 0.3) is 0 Å². The number of hydrogen-bond donors (Lipinski definition) is 1. The first-order chi connectivity index (χ1) is 12.4. The maximum Gasteiger partial charge on any atom is 0.228 e. The molecule has 1 aromatic rings. The van der Waals surface area contributed by atoms with Crippen molar-refractivity contribution in [3.8, 4) is 0 Å². The molecule has 3 heterocycles. The van der Waals surface area contributed by atoms with Gasteiger partial charge < -0.3 is 10.2 Å². The first-order valence-electron chi connectivity index (χ1n) is 9.95. The smallest absolute Gasteiger partial charge is 0.228 e. The lowest BCUT2D eigenvalue weighted by Crippen LogP contribution is -2.50. The molecule has 3 atom stereocenters. The summed E-state index contributed by atoms with van der Waals surface area (Å²) in [4.78, 5) is 28.0. The summed E-state index contributed by atoms with van der Waals surface area (Å²) in [5.74, 6) is 0.763. The number of aryl methyl sites for hydroxylation is 2. The minimum atomic E-state index is -0.403. The summed E-state index contributed by atoms with van der Waals surface area (Å²) in [6.45, 7) is 7.00. The van der Waals surface area contributed by atoms with Gasteiger partial charge in [-0.15, -0.1) is 0 Å². The highest BCUT2D eigenvalue weighted by molar-refractivity contribution is 5.87. The fourth-order valence-electron chi connectivity index (χ4n) is 4.83. The van der Waals surface area contributed by atoms with Crippen LogP contribution in [-0.2, 0) is 23.1 Å². The predicted octanol–water partition coefficient (Wildman–Crippen LogP) is 2.28. The van der Waals surface area contributed by atoms with Gasteiger partial charge in [-0.05, 0) is 44.1 Å². The summed E-state index contributed by atoms with van der Waals surface area (Å²) in [6, 6.07) is 2.24. The zero-order valence-electron chi connectivity index (χ0n) is 16.5. The molecule has 1 aromatic heterocycles. The number of rotatable bonds is 7. The van der Waals surface area contributed by atoms with Crippen LogP contribution in [0.2, 0.25) is 0 Å². The highest BCUT2D eigenvalue weighted by atomic mass is 16.2. The standard InChI is InChI=1S/C20H32N4O2/c1-5-20(19(26)21-13-14(2)3)12-16-6-8-17(20)24(16)18(25)9-7-15-10-11-22-23(15)4/h10-11,14,16-17H,5-9,12-13H2,1-4H3,(H,21,26)/t16-,17+,20+/m0/s1. The van der Waals surface area contributed by atoms with Gasteiger partial charge >= 0.3 is 0 Å². The summed E-state index contributed by atoms with van der Waals surface area (Å²) in [5.41, 5.74) is 0.668. The Morgan fingerprint density at radius 3 is 2.77 bits per heavy atom. The molecule has 0 unspecified atom stereocenters. The Kier molecular flexibility index (Phi) is 5.39. The molecular formula is C20H32N4O2. The van der Waals surface area contributed by atoms with Crippen LogP contribution in [0.1, 0.15) is 58.6 Å². The van der Waals surface area contributed by atoms with Gasteiger partial charge in [0.05, 0.1) is 5.41 Å². The summed E-state index contributed by atoms with van der Waals surface area (Å²) < 4.78 is 1.82. The highest BCUT2D eigenvalue weighted by Gasteiger charge is 2.59. The number of aromatic nitrogens is 2. The topological polar surface area (TPSA) is 67.2 Å². The fourth-order valence-corrected chi connectivity index (χ4v) is 4.83. The molecular weight excluding hydrogens is 328 g/mol. The Hall–Kier alpha value is -1.85. The molecule has 2 amide bonds. The molecule has 1 N–H and O–H groups in total. The van der Waals surface area contributed by atoms with E-state index in [-0.39, 0.29) is 23.9 Å². The predicted molar refractivity (Wildman–Crippen MR) is 100 cm³/mol. The normalized spacial score (nSPS) is 27.3. The van der Waals surface area contributed by atoms with E-state index >= 15 is 0 Å². The van der Waals surface area contributed by atoms with Gasteiger partial charge in [-0.2, -0.15) is 5.10 Å². The number of carbonyl (C=O) groups is 2. The minimum absolute atomic E-state index is 0.0590. The van der Waals surface area contributed by atoms with Crippen LogP contribution in [0.15, 0.2) is 12.3 Å². The number of fused-ring (bicyclic) bond motifs is 2. The third-order valence-electron chi connectivity index (χ3n) is 6.30. The molecule has 6 heteroatoms. The highest BCUT2D eigenvalue weighted by Crippen LogP contribution is 2.52. The lowest BCUT2D eigenvalue weighted by Gasteiger charge is -2.35. The van der Waals surface area contributed by atoms with Gasteiger partial charge in [-0.1, -0.05) is 20.8 Å². The van der Waals surface area contributed by atoms with Crippen LogP contribution in [0.4, 0.5) is 0 Å². The van der Waals surface area contributed by atoms with Crippen molar-refractivity contribution >= 4 is 11.8 Å². The second-order valence-corrected chi connectivity index (χ2v) is 8.31. The fraction of sp³-hybridized carbons (Fsp3) is 0.750. The quantitative estimate of drug-likeness (QED) is 0.811. The first kappa shape index (κ1) is 18.9. The van der Waals surface area contributed by atoms with Crippen LogP contribution >= 0.6 is 0 Å². The van der Waals surface area contributed by atoms with E-state index in [1.54, 1.807) is 6.20 Å². The van der Waals surface area contributed by atoms with E-state index in [4.69, 9.17) is 0 Å². The number of hydrogen-bond acceptors (Lipinski definition) is 3. The van der Waals surface area contributed by atoms with E-state index in [1.165, 1.54) is 0 Å². The minimum Gasteiger partial charge on any atom is -0.355 e. The molecule has 0 radical (unpaired) electrons. The van der Waals surface area contributed by atoms with Crippen molar-refractivity contribution in [2.75, 3.05) is 6.54 Å². The first-order valence-corrected chi connectivity index (χ1v) is 9.95. The lowest BCUT2D eigenvalue weighted by molar-refractivity contribution is -0.137. The Labute approximate surface area is 156 Å². The second kappa shape index (κ2) is 7.41. The van der Waals surface area contributed by atoms with E-state index in [9.17, 15) is 9.59 Å². The zero-order valence-corrected chi connectivity index (χ0v) is 16.5. The summed E-state index contributed by atoms with van der Waals surface area (Å²) in [5, 5.41) is 7.30. The van der Waals surface area contributed by atoms with E-state index in [0.29, 0.717) is 25.3 Å². The van der Waals surface area contributed by atoms with Crippen molar-refractivity contribution in [3.63, 3.8) is 0 Å². The molecule has 2 bridgehead atoms. The number of nitrogens with one attached hydrogen (secondary N) is 1. The third kappa shape index (κ3) is 3.26. The molecule has 0 saturated carbocycles. The summed E-state index contributed by atoms with van der Waals surface area (Å²) in [7, 11) is 1.90. The van der Waals surface area contributed by atoms with E-state index in [2.05, 4.69) is 36.1 Å². The Balaban J connectivity index is 1.69. The van der Waals surface area contributed by atoms with Crippen molar-refractivity contribution in [2.24, 2.45) is 18.4 Å². The second-order valence-electron chi connectivity index (χ2n) is 8.31. The molecule has 2 fully saturated rings. The zero-order chi connectivity index (χ0) is 18.9. The lowest BCUT2D eigenvalue weighted by atomic mass is 9.71. The molecule has 6 nitrogen and oxygen atoms in total. The van der Waals surface area contributed by atoms with Crippen molar-refractivity contribution in [1.82, 2.24) is 20.0 Å². The van der Waals surface area contributed by atoms with Crippen LogP contribution in [0, 0.1) is 11.3 Å². The van der Waals surface area contributed by atoms with Crippen molar-refractivity contribution in [2.45, 2.75) is 71.4 Å². The SMILES string of the molecule is CC[C@@]1(C(=O)NCC(C)C)C[C@@H]2CC[C@H]1N2C(=O)CCc1ccnn1C. The van der Waals surface area contributed by atoms with Crippen LogP contribution in [0.3, 0.4) is 0 Å². The molecule has 2 aliphatic rings. The summed E-state index contributed by atoms with van der Waals surface area (Å²) in [6.07, 6.45) is 6.54. The van der Waals surface area contributed by atoms with Gasteiger partial charge in [0.1, 0.15) is 0 Å². The number of nitrogens with zero attached hydrogens (tertiary/aromatic N) is 3. The maximum atomic E-state index is 13.0. The summed E-state index contributed by atoms with van der Waals surface area (Å²) >= 11 is 0. The Morgan fingerprint density at radius 2 is 2.15 bits per heavy atom. The van der Waals surface area contributed by atoms with Crippen LogP contribution in [-0.4, -0.2) is 45.1 Å². The van der Waals surface area contributed by atoms with E-state index < -0.39 is 5.41 Å². The van der Waals surface area contributed by atoms with E-state index in [0.717, 1.165) is 31.4 Å². The van der Waals surface area contributed by atoms with Gasteiger partial charge in [-0.3, -0.25) is 14.3 Å². The van der Waals surface area contributed by atoms with Crippen LogP contribution in [0.5, 0.6) is 0 Å². The van der Waals surface area contributed by atoms with Crippen molar-refractivity contribution < 1.29 is 9.59 Å². The number of amides is 2. The average Bonchev–Trinajstić information content (AvgIpc) is 3.30.